The Morgan fingerprint density at radius 1 is 1.18 bits per heavy atom. The Labute approximate surface area is 104 Å². The van der Waals surface area contributed by atoms with Crippen molar-refractivity contribution in [2.45, 2.75) is 47.1 Å². The third-order valence-electron chi connectivity index (χ3n) is 2.48. The molecule has 0 radical (unpaired) electrons. The lowest BCUT2D eigenvalue weighted by Crippen LogP contribution is -2.04. The fourth-order valence-corrected chi connectivity index (χ4v) is 1.51. The van der Waals surface area contributed by atoms with Crippen LogP contribution < -0.4 is 0 Å². The highest BCUT2D eigenvalue weighted by Gasteiger charge is 2.02. The first-order valence-corrected chi connectivity index (χ1v) is 6.54. The molecule has 0 amide bonds. The van der Waals surface area contributed by atoms with Gasteiger partial charge in [0.1, 0.15) is 0 Å². The lowest BCUT2D eigenvalue weighted by molar-refractivity contribution is 0.126. The van der Waals surface area contributed by atoms with Crippen molar-refractivity contribution in [3.63, 3.8) is 0 Å². The van der Waals surface area contributed by atoms with E-state index in [-0.39, 0.29) is 0 Å². The molecule has 98 valence electrons. The molecule has 17 heavy (non-hydrogen) atoms. The van der Waals surface area contributed by atoms with Gasteiger partial charge in [0.05, 0.1) is 12.3 Å². The minimum absolute atomic E-state index is 0.604. The average Bonchev–Trinajstić information content (AvgIpc) is 2.63. The number of hydrogen-bond acceptors (Lipinski definition) is 3. The second-order valence-electron chi connectivity index (χ2n) is 5.37. The highest BCUT2D eigenvalue weighted by atomic mass is 16.5. The summed E-state index contributed by atoms with van der Waals surface area (Å²) in [6, 6.07) is 0. The second-order valence-corrected chi connectivity index (χ2v) is 5.37. The highest BCUT2D eigenvalue weighted by molar-refractivity contribution is 4.92. The average molecular weight is 239 g/mol. The van der Waals surface area contributed by atoms with E-state index in [1.54, 1.807) is 0 Å². The Morgan fingerprint density at radius 3 is 2.59 bits per heavy atom. The zero-order valence-electron chi connectivity index (χ0n) is 11.5. The molecule has 0 atom stereocenters. The van der Waals surface area contributed by atoms with Crippen LogP contribution >= 0.6 is 0 Å². The van der Waals surface area contributed by atoms with Crippen molar-refractivity contribution in [2.24, 2.45) is 11.8 Å². The van der Waals surface area contributed by atoms with E-state index in [9.17, 15) is 0 Å². The molecule has 1 rings (SSSR count). The van der Waals surface area contributed by atoms with Crippen molar-refractivity contribution in [3.05, 3.63) is 11.9 Å². The van der Waals surface area contributed by atoms with Crippen molar-refractivity contribution < 1.29 is 4.74 Å². The Balaban J connectivity index is 2.16. The van der Waals surface area contributed by atoms with Crippen LogP contribution in [0, 0.1) is 11.8 Å². The van der Waals surface area contributed by atoms with Crippen LogP contribution in [0.5, 0.6) is 0 Å². The summed E-state index contributed by atoms with van der Waals surface area (Å²) >= 11 is 0. The van der Waals surface area contributed by atoms with E-state index in [1.807, 2.05) is 10.9 Å². The molecular formula is C13H25N3O. The summed E-state index contributed by atoms with van der Waals surface area (Å²) in [7, 11) is 0. The molecule has 4 heteroatoms. The Morgan fingerprint density at radius 2 is 1.94 bits per heavy atom. The van der Waals surface area contributed by atoms with Crippen LogP contribution in [0.25, 0.3) is 0 Å². The summed E-state index contributed by atoms with van der Waals surface area (Å²) in [5.74, 6) is 1.31. The summed E-state index contributed by atoms with van der Waals surface area (Å²) in [4.78, 5) is 0. The molecule has 0 fully saturated rings. The molecule has 1 heterocycles. The molecule has 0 saturated heterocycles. The first-order valence-electron chi connectivity index (χ1n) is 6.54. The van der Waals surface area contributed by atoms with Crippen molar-refractivity contribution in [1.29, 1.82) is 0 Å². The smallest absolute Gasteiger partial charge is 0.0850 e. The van der Waals surface area contributed by atoms with Gasteiger partial charge in [-0.25, -0.2) is 0 Å². The zero-order chi connectivity index (χ0) is 12.7. The zero-order valence-corrected chi connectivity index (χ0v) is 11.5. The van der Waals surface area contributed by atoms with E-state index in [1.165, 1.54) is 0 Å². The normalized spacial score (nSPS) is 11.6. The molecule has 0 unspecified atom stereocenters. The van der Waals surface area contributed by atoms with E-state index < -0.39 is 0 Å². The van der Waals surface area contributed by atoms with E-state index in [2.05, 4.69) is 38.0 Å². The molecule has 0 aromatic carbocycles. The van der Waals surface area contributed by atoms with Crippen molar-refractivity contribution >= 4 is 0 Å². The lowest BCUT2D eigenvalue weighted by Gasteiger charge is -2.05. The Kier molecular flexibility index (Phi) is 6.19. The monoisotopic (exact) mass is 239 g/mol. The van der Waals surface area contributed by atoms with Crippen LogP contribution in [0.1, 0.15) is 39.8 Å². The van der Waals surface area contributed by atoms with Crippen LogP contribution in [-0.4, -0.2) is 28.2 Å². The van der Waals surface area contributed by atoms with Gasteiger partial charge in [-0.2, -0.15) is 0 Å². The molecule has 0 aliphatic heterocycles. The predicted octanol–water partition coefficient (Wildman–Crippen LogP) is 2.54. The van der Waals surface area contributed by atoms with E-state index >= 15 is 0 Å². The van der Waals surface area contributed by atoms with E-state index in [4.69, 9.17) is 4.74 Å². The van der Waals surface area contributed by atoms with Crippen LogP contribution in [0.4, 0.5) is 0 Å². The first-order chi connectivity index (χ1) is 8.08. The summed E-state index contributed by atoms with van der Waals surface area (Å²) in [5.41, 5.74) is 1.02. The maximum absolute atomic E-state index is 5.56. The van der Waals surface area contributed by atoms with Gasteiger partial charge in [-0.1, -0.05) is 32.9 Å². The van der Waals surface area contributed by atoms with Gasteiger partial charge in [-0.3, -0.25) is 4.68 Å². The maximum Gasteiger partial charge on any atom is 0.0850 e. The molecule has 0 saturated carbocycles. The topological polar surface area (TPSA) is 39.9 Å². The number of ether oxygens (including phenoxy) is 1. The number of rotatable bonds is 8. The number of nitrogens with zero attached hydrogens (tertiary/aromatic N) is 3. The van der Waals surface area contributed by atoms with Gasteiger partial charge in [0.25, 0.3) is 0 Å². The molecular weight excluding hydrogens is 214 g/mol. The number of aromatic nitrogens is 3. The van der Waals surface area contributed by atoms with Gasteiger partial charge in [0.2, 0.25) is 0 Å². The van der Waals surface area contributed by atoms with Gasteiger partial charge < -0.3 is 4.74 Å². The van der Waals surface area contributed by atoms with E-state index in [0.29, 0.717) is 11.8 Å². The van der Waals surface area contributed by atoms with Crippen LogP contribution in [0.2, 0.25) is 0 Å². The summed E-state index contributed by atoms with van der Waals surface area (Å²) in [6.45, 7) is 11.3. The van der Waals surface area contributed by atoms with Crippen molar-refractivity contribution in [2.75, 3.05) is 13.2 Å². The molecule has 0 aliphatic rings. The summed E-state index contributed by atoms with van der Waals surface area (Å²) in [5, 5.41) is 8.23. The minimum Gasteiger partial charge on any atom is -0.381 e. The quantitative estimate of drug-likeness (QED) is 0.654. The molecule has 1 aromatic heterocycles. The molecule has 0 spiro atoms. The van der Waals surface area contributed by atoms with E-state index in [0.717, 1.165) is 38.3 Å². The van der Waals surface area contributed by atoms with Gasteiger partial charge in [0, 0.05) is 25.8 Å². The fourth-order valence-electron chi connectivity index (χ4n) is 1.51. The molecule has 0 N–H and O–H groups in total. The second kappa shape index (κ2) is 7.43. The maximum atomic E-state index is 5.56. The summed E-state index contributed by atoms with van der Waals surface area (Å²) < 4.78 is 7.47. The molecule has 4 nitrogen and oxygen atoms in total. The van der Waals surface area contributed by atoms with Crippen LogP contribution in [0.3, 0.4) is 0 Å². The van der Waals surface area contributed by atoms with Crippen LogP contribution in [-0.2, 0) is 17.7 Å². The largest absolute Gasteiger partial charge is 0.381 e. The Hall–Kier alpha value is -0.900. The van der Waals surface area contributed by atoms with Crippen molar-refractivity contribution in [1.82, 2.24) is 15.0 Å². The van der Waals surface area contributed by atoms with Crippen LogP contribution in [0.15, 0.2) is 6.20 Å². The SMILES string of the molecule is CC(C)CCOCCc1cn(CC(C)C)nn1. The Bertz CT molecular complexity index is 307. The molecule has 1 aromatic rings. The lowest BCUT2D eigenvalue weighted by atomic mass is 10.1. The fraction of sp³-hybridized carbons (Fsp3) is 0.846. The molecule has 0 bridgehead atoms. The predicted molar refractivity (Wildman–Crippen MR) is 68.8 cm³/mol. The van der Waals surface area contributed by atoms with Gasteiger partial charge in [-0.05, 0) is 18.3 Å². The minimum atomic E-state index is 0.604. The van der Waals surface area contributed by atoms with Gasteiger partial charge in [0.15, 0.2) is 0 Å². The van der Waals surface area contributed by atoms with Crippen molar-refractivity contribution in [3.8, 4) is 0 Å². The number of hydrogen-bond donors (Lipinski definition) is 0. The standard InChI is InChI=1S/C13H25N3O/c1-11(2)5-7-17-8-6-13-10-16(15-14-13)9-12(3)4/h10-12H,5-9H2,1-4H3. The third-order valence-corrected chi connectivity index (χ3v) is 2.48. The van der Waals surface area contributed by atoms with Gasteiger partial charge in [-0.15, -0.1) is 5.10 Å². The highest BCUT2D eigenvalue weighted by Crippen LogP contribution is 2.02. The first kappa shape index (κ1) is 14.2. The third kappa shape index (κ3) is 6.41. The summed E-state index contributed by atoms with van der Waals surface area (Å²) in [6.07, 6.45) is 4.00. The van der Waals surface area contributed by atoms with Gasteiger partial charge >= 0.3 is 0 Å². The molecule has 0 aliphatic carbocycles.